The van der Waals surface area contributed by atoms with Crippen LogP contribution in [0.5, 0.6) is 0 Å². The molecule has 0 unspecified atom stereocenters. The second-order valence-corrected chi connectivity index (χ2v) is 4.62. The number of hydrogen-bond donors (Lipinski definition) is 2. The molecule has 6 heteroatoms. The number of morpholine rings is 1. The van der Waals surface area contributed by atoms with E-state index in [1.807, 2.05) is 0 Å². The minimum Gasteiger partial charge on any atom is -0.389 e. The molecule has 0 spiro atoms. The van der Waals surface area contributed by atoms with E-state index in [0.717, 1.165) is 6.54 Å². The van der Waals surface area contributed by atoms with Gasteiger partial charge in [0, 0.05) is 32.7 Å². The smallest absolute Gasteiger partial charge is 0.169 e. The number of ether oxygens (including phenoxy) is 3. The van der Waals surface area contributed by atoms with E-state index in [-0.39, 0.29) is 18.4 Å². The van der Waals surface area contributed by atoms with Gasteiger partial charge >= 0.3 is 0 Å². The van der Waals surface area contributed by atoms with E-state index in [9.17, 15) is 10.2 Å². The monoisotopic (exact) mass is 247 g/mol. The van der Waals surface area contributed by atoms with Gasteiger partial charge < -0.3 is 24.4 Å². The number of rotatable bonds is 2. The Morgan fingerprint density at radius 1 is 1.35 bits per heavy atom. The van der Waals surface area contributed by atoms with Crippen LogP contribution in [0.2, 0.25) is 0 Å². The summed E-state index contributed by atoms with van der Waals surface area (Å²) < 4.78 is 15.7. The van der Waals surface area contributed by atoms with Crippen LogP contribution in [-0.2, 0) is 14.2 Å². The predicted molar refractivity (Wildman–Crippen MR) is 59.3 cm³/mol. The lowest BCUT2D eigenvalue weighted by Gasteiger charge is -2.44. The molecule has 0 aliphatic carbocycles. The summed E-state index contributed by atoms with van der Waals surface area (Å²) in [7, 11) is 1.60. The van der Waals surface area contributed by atoms with E-state index in [1.165, 1.54) is 0 Å². The average molecular weight is 247 g/mol. The third-order valence-electron chi connectivity index (χ3n) is 3.49. The summed E-state index contributed by atoms with van der Waals surface area (Å²) in [5.41, 5.74) is 0. The van der Waals surface area contributed by atoms with E-state index in [1.54, 1.807) is 14.0 Å². The minimum absolute atomic E-state index is 0.102. The van der Waals surface area contributed by atoms with Crippen molar-refractivity contribution in [3.05, 3.63) is 0 Å². The Labute approximate surface area is 101 Å². The molecule has 0 aromatic rings. The van der Waals surface area contributed by atoms with Crippen LogP contribution < -0.4 is 0 Å². The third-order valence-corrected chi connectivity index (χ3v) is 3.49. The SMILES string of the molecule is CO[C@H]1CN([C@@H]2C[C@@H](O)O[C@H](C)[C@@H]2O)CCO1. The summed E-state index contributed by atoms with van der Waals surface area (Å²) in [6.45, 7) is 3.69. The molecule has 0 saturated carbocycles. The Morgan fingerprint density at radius 3 is 2.82 bits per heavy atom. The summed E-state index contributed by atoms with van der Waals surface area (Å²) in [4.78, 5) is 2.10. The molecule has 0 bridgehead atoms. The number of aliphatic hydroxyl groups is 2. The Hall–Kier alpha value is -0.240. The normalized spacial score (nSPS) is 44.8. The van der Waals surface area contributed by atoms with Gasteiger partial charge in [0.15, 0.2) is 12.6 Å². The van der Waals surface area contributed by atoms with Gasteiger partial charge in [-0.15, -0.1) is 0 Å². The van der Waals surface area contributed by atoms with Gasteiger partial charge in [-0.1, -0.05) is 0 Å². The maximum Gasteiger partial charge on any atom is 0.169 e. The van der Waals surface area contributed by atoms with Crippen LogP contribution in [-0.4, -0.2) is 72.7 Å². The number of hydrogen-bond acceptors (Lipinski definition) is 6. The Bertz CT molecular complexity index is 252. The summed E-state index contributed by atoms with van der Waals surface area (Å²) in [5, 5.41) is 19.7. The zero-order chi connectivity index (χ0) is 12.4. The highest BCUT2D eigenvalue weighted by molar-refractivity contribution is 4.88. The van der Waals surface area contributed by atoms with Gasteiger partial charge in [0.05, 0.1) is 18.8 Å². The summed E-state index contributed by atoms with van der Waals surface area (Å²) in [6.07, 6.45) is -1.59. The minimum atomic E-state index is -0.803. The second-order valence-electron chi connectivity index (χ2n) is 4.62. The van der Waals surface area contributed by atoms with Gasteiger partial charge in [-0.2, -0.15) is 0 Å². The number of nitrogens with zero attached hydrogens (tertiary/aromatic N) is 1. The first kappa shape index (κ1) is 13.2. The molecule has 17 heavy (non-hydrogen) atoms. The van der Waals surface area contributed by atoms with Crippen LogP contribution in [0.1, 0.15) is 13.3 Å². The van der Waals surface area contributed by atoms with Crippen molar-refractivity contribution < 1.29 is 24.4 Å². The lowest BCUT2D eigenvalue weighted by Crippen LogP contribution is -2.58. The highest BCUT2D eigenvalue weighted by Crippen LogP contribution is 2.24. The quantitative estimate of drug-likeness (QED) is 0.662. The molecular weight excluding hydrogens is 226 g/mol. The standard InChI is InChI=1S/C11H21NO5/c1-7-11(14)8(5-9(13)17-7)12-3-4-16-10(6-12)15-2/h7-11,13-14H,3-6H2,1-2H3/t7-,8-,9+,10-,11+/m1/s1. The van der Waals surface area contributed by atoms with Crippen molar-refractivity contribution in [3.8, 4) is 0 Å². The van der Waals surface area contributed by atoms with Crippen LogP contribution in [0, 0.1) is 0 Å². The van der Waals surface area contributed by atoms with E-state index < -0.39 is 12.4 Å². The van der Waals surface area contributed by atoms with Crippen molar-refractivity contribution in [1.29, 1.82) is 0 Å². The first-order valence-electron chi connectivity index (χ1n) is 6.02. The van der Waals surface area contributed by atoms with Gasteiger partial charge in [-0.25, -0.2) is 0 Å². The van der Waals surface area contributed by atoms with Crippen LogP contribution in [0.25, 0.3) is 0 Å². The molecule has 0 radical (unpaired) electrons. The van der Waals surface area contributed by atoms with Crippen molar-refractivity contribution in [2.24, 2.45) is 0 Å². The fraction of sp³-hybridized carbons (Fsp3) is 1.00. The van der Waals surface area contributed by atoms with Crippen LogP contribution >= 0.6 is 0 Å². The molecule has 5 atom stereocenters. The molecule has 2 fully saturated rings. The number of methoxy groups -OCH3 is 1. The lowest BCUT2D eigenvalue weighted by molar-refractivity contribution is -0.234. The highest BCUT2D eigenvalue weighted by atomic mass is 16.7. The fourth-order valence-electron chi connectivity index (χ4n) is 2.49. The maximum atomic E-state index is 10.1. The van der Waals surface area contributed by atoms with Gasteiger partial charge in [-0.3, -0.25) is 4.90 Å². The Morgan fingerprint density at radius 2 is 2.12 bits per heavy atom. The molecule has 0 aromatic carbocycles. The maximum absolute atomic E-state index is 10.1. The fourth-order valence-corrected chi connectivity index (χ4v) is 2.49. The molecule has 0 amide bonds. The van der Waals surface area contributed by atoms with Crippen molar-refractivity contribution in [1.82, 2.24) is 4.90 Å². The van der Waals surface area contributed by atoms with E-state index in [2.05, 4.69) is 4.90 Å². The van der Waals surface area contributed by atoms with Gasteiger partial charge in [0.25, 0.3) is 0 Å². The third kappa shape index (κ3) is 2.96. The molecule has 2 aliphatic rings. The molecule has 0 aromatic heterocycles. The largest absolute Gasteiger partial charge is 0.389 e. The van der Waals surface area contributed by atoms with E-state index in [4.69, 9.17) is 14.2 Å². The highest BCUT2D eigenvalue weighted by Gasteiger charge is 2.39. The molecule has 2 saturated heterocycles. The zero-order valence-electron chi connectivity index (χ0n) is 10.3. The first-order valence-corrected chi connectivity index (χ1v) is 6.02. The summed E-state index contributed by atoms with van der Waals surface area (Å²) in [5.74, 6) is 0. The summed E-state index contributed by atoms with van der Waals surface area (Å²) >= 11 is 0. The molecule has 2 aliphatic heterocycles. The van der Waals surface area contributed by atoms with Gasteiger partial charge in [0.2, 0.25) is 0 Å². The van der Waals surface area contributed by atoms with Crippen molar-refractivity contribution in [2.45, 2.75) is 44.2 Å². The zero-order valence-corrected chi connectivity index (χ0v) is 10.3. The van der Waals surface area contributed by atoms with Crippen molar-refractivity contribution in [2.75, 3.05) is 26.8 Å². The predicted octanol–water partition coefficient (Wildman–Crippen LogP) is -0.852. The first-order chi connectivity index (χ1) is 8.11. The second kappa shape index (κ2) is 5.60. The Kier molecular flexibility index (Phi) is 4.35. The molecule has 100 valence electrons. The van der Waals surface area contributed by atoms with Gasteiger partial charge in [0.1, 0.15) is 0 Å². The van der Waals surface area contributed by atoms with Crippen LogP contribution in [0.4, 0.5) is 0 Å². The molecular formula is C11H21NO5. The van der Waals surface area contributed by atoms with Crippen LogP contribution in [0.3, 0.4) is 0 Å². The summed E-state index contributed by atoms with van der Waals surface area (Å²) in [6, 6.07) is -0.102. The lowest BCUT2D eigenvalue weighted by atomic mass is 9.97. The van der Waals surface area contributed by atoms with Gasteiger partial charge in [-0.05, 0) is 6.92 Å². The molecule has 6 nitrogen and oxygen atoms in total. The van der Waals surface area contributed by atoms with E-state index >= 15 is 0 Å². The average Bonchev–Trinajstić information content (AvgIpc) is 2.34. The topological polar surface area (TPSA) is 71.4 Å². The van der Waals surface area contributed by atoms with E-state index in [0.29, 0.717) is 19.6 Å². The van der Waals surface area contributed by atoms with Crippen molar-refractivity contribution in [3.63, 3.8) is 0 Å². The molecule has 2 heterocycles. The molecule has 2 rings (SSSR count). The number of aliphatic hydroxyl groups excluding tert-OH is 2. The van der Waals surface area contributed by atoms with Crippen LogP contribution in [0.15, 0.2) is 0 Å². The Balaban J connectivity index is 1.99. The van der Waals surface area contributed by atoms with Crippen molar-refractivity contribution >= 4 is 0 Å². The molecule has 2 N–H and O–H groups in total.